The third kappa shape index (κ3) is 3.54. The molecule has 2 rings (SSSR count). The van der Waals surface area contributed by atoms with Gasteiger partial charge in [-0.3, -0.25) is 0 Å². The number of thiocarbonyl (C=S) groups is 1. The van der Waals surface area contributed by atoms with Crippen molar-refractivity contribution < 1.29 is 0 Å². The van der Waals surface area contributed by atoms with Crippen LogP contribution in [-0.4, -0.2) is 4.99 Å². The van der Waals surface area contributed by atoms with Crippen molar-refractivity contribution in [3.05, 3.63) is 49.0 Å². The van der Waals surface area contributed by atoms with E-state index in [1.54, 1.807) is 11.3 Å². The van der Waals surface area contributed by atoms with Crippen LogP contribution in [0.25, 0.3) is 0 Å². The molecule has 94 valence electrons. The second-order valence-corrected chi connectivity index (χ2v) is 6.91. The fourth-order valence-electron chi connectivity index (χ4n) is 1.51. The molecular formula is C12H10Br2N2S2. The van der Waals surface area contributed by atoms with E-state index in [4.69, 9.17) is 18.0 Å². The van der Waals surface area contributed by atoms with Gasteiger partial charge in [0.1, 0.15) is 4.99 Å². The van der Waals surface area contributed by atoms with Gasteiger partial charge in [0.05, 0.1) is 0 Å². The maximum Gasteiger partial charge on any atom is 0.106 e. The topological polar surface area (TPSA) is 38.0 Å². The molecule has 0 spiro atoms. The van der Waals surface area contributed by atoms with Crippen LogP contribution in [0.2, 0.25) is 0 Å². The lowest BCUT2D eigenvalue weighted by atomic mass is 10.2. The van der Waals surface area contributed by atoms with Gasteiger partial charge < -0.3 is 11.1 Å². The van der Waals surface area contributed by atoms with E-state index in [0.29, 0.717) is 4.99 Å². The number of anilines is 1. The van der Waals surface area contributed by atoms with Crippen molar-refractivity contribution in [3.63, 3.8) is 0 Å². The first-order valence-corrected chi connectivity index (χ1v) is 8.00. The van der Waals surface area contributed by atoms with Gasteiger partial charge >= 0.3 is 0 Å². The molecule has 0 aliphatic carbocycles. The van der Waals surface area contributed by atoms with Gasteiger partial charge in [-0.2, -0.15) is 0 Å². The molecule has 0 unspecified atom stereocenters. The summed E-state index contributed by atoms with van der Waals surface area (Å²) in [5, 5.41) is 5.42. The molecule has 0 atom stereocenters. The van der Waals surface area contributed by atoms with Crippen LogP contribution in [-0.2, 0) is 6.54 Å². The number of nitrogens with two attached hydrogens (primary N) is 1. The highest BCUT2D eigenvalue weighted by Gasteiger charge is 2.06. The first kappa shape index (κ1) is 14.0. The summed E-state index contributed by atoms with van der Waals surface area (Å²) in [5.74, 6) is 0. The van der Waals surface area contributed by atoms with Gasteiger partial charge in [0.15, 0.2) is 0 Å². The van der Waals surface area contributed by atoms with Gasteiger partial charge in [-0.1, -0.05) is 28.1 Å². The Hall–Kier alpha value is -0.430. The molecule has 0 fully saturated rings. The number of hydrogen-bond donors (Lipinski definition) is 2. The molecule has 0 radical (unpaired) electrons. The minimum atomic E-state index is 0.400. The van der Waals surface area contributed by atoms with Crippen LogP contribution < -0.4 is 11.1 Å². The van der Waals surface area contributed by atoms with Crippen LogP contribution in [0.4, 0.5) is 5.69 Å². The third-order valence-corrected chi connectivity index (χ3v) is 4.73. The van der Waals surface area contributed by atoms with Crippen molar-refractivity contribution in [2.24, 2.45) is 5.73 Å². The van der Waals surface area contributed by atoms with Crippen molar-refractivity contribution in [1.29, 1.82) is 0 Å². The molecule has 6 heteroatoms. The number of benzene rings is 1. The van der Waals surface area contributed by atoms with E-state index in [1.165, 1.54) is 4.88 Å². The minimum absolute atomic E-state index is 0.400. The van der Waals surface area contributed by atoms with E-state index in [1.807, 2.05) is 18.2 Å². The van der Waals surface area contributed by atoms with Crippen LogP contribution in [0, 0.1) is 0 Å². The predicted molar refractivity (Wildman–Crippen MR) is 89.4 cm³/mol. The molecular weight excluding hydrogens is 396 g/mol. The van der Waals surface area contributed by atoms with E-state index in [-0.39, 0.29) is 0 Å². The van der Waals surface area contributed by atoms with Crippen LogP contribution in [0.3, 0.4) is 0 Å². The van der Waals surface area contributed by atoms with Crippen molar-refractivity contribution in [1.82, 2.24) is 0 Å². The van der Waals surface area contributed by atoms with Crippen molar-refractivity contribution in [3.8, 4) is 0 Å². The second kappa shape index (κ2) is 6.14. The number of rotatable bonds is 4. The lowest BCUT2D eigenvalue weighted by Gasteiger charge is -2.11. The molecule has 0 saturated carbocycles. The predicted octanol–water partition coefficient (Wildman–Crippen LogP) is 4.52. The van der Waals surface area contributed by atoms with Crippen molar-refractivity contribution >= 4 is 66.1 Å². The van der Waals surface area contributed by atoms with Gasteiger partial charge in [-0.25, -0.2) is 0 Å². The monoisotopic (exact) mass is 404 g/mol. The zero-order chi connectivity index (χ0) is 13.1. The van der Waals surface area contributed by atoms with E-state index in [0.717, 1.165) is 26.7 Å². The Balaban J connectivity index is 2.17. The van der Waals surface area contributed by atoms with Crippen LogP contribution >= 0.6 is 55.4 Å². The van der Waals surface area contributed by atoms with Crippen LogP contribution in [0.1, 0.15) is 10.4 Å². The molecule has 0 aliphatic heterocycles. The summed E-state index contributed by atoms with van der Waals surface area (Å²) in [6.07, 6.45) is 0. The summed E-state index contributed by atoms with van der Waals surface area (Å²) in [5.41, 5.74) is 7.52. The van der Waals surface area contributed by atoms with E-state index < -0.39 is 0 Å². The maximum atomic E-state index is 5.71. The fourth-order valence-corrected chi connectivity index (χ4v) is 3.44. The van der Waals surface area contributed by atoms with E-state index >= 15 is 0 Å². The Kier molecular flexibility index (Phi) is 4.77. The average Bonchev–Trinajstić information content (AvgIpc) is 2.72. The van der Waals surface area contributed by atoms with Gasteiger partial charge in [-0.15, -0.1) is 11.3 Å². The molecule has 1 heterocycles. The van der Waals surface area contributed by atoms with Crippen molar-refractivity contribution in [2.45, 2.75) is 6.54 Å². The van der Waals surface area contributed by atoms with Gasteiger partial charge in [0.25, 0.3) is 0 Å². The van der Waals surface area contributed by atoms with Gasteiger partial charge in [-0.05, 0) is 40.2 Å². The molecule has 3 N–H and O–H groups in total. The third-order valence-electron chi connectivity index (χ3n) is 2.32. The summed E-state index contributed by atoms with van der Waals surface area (Å²) in [4.78, 5) is 1.65. The minimum Gasteiger partial charge on any atom is -0.389 e. The summed E-state index contributed by atoms with van der Waals surface area (Å²) < 4.78 is 2.10. The Labute approximate surface area is 132 Å². The maximum absolute atomic E-state index is 5.71. The zero-order valence-electron chi connectivity index (χ0n) is 9.24. The van der Waals surface area contributed by atoms with Gasteiger partial charge in [0.2, 0.25) is 0 Å². The lowest BCUT2D eigenvalue weighted by Crippen LogP contribution is -2.13. The highest BCUT2D eigenvalue weighted by atomic mass is 79.9. The molecule has 0 saturated heterocycles. The average molecular weight is 406 g/mol. The highest BCUT2D eigenvalue weighted by Crippen LogP contribution is 2.24. The number of hydrogen-bond acceptors (Lipinski definition) is 3. The highest BCUT2D eigenvalue weighted by molar-refractivity contribution is 9.10. The number of thiophene rings is 1. The zero-order valence-corrected chi connectivity index (χ0v) is 14.0. The summed E-state index contributed by atoms with van der Waals surface area (Å²) in [6, 6.07) is 7.92. The quantitative estimate of drug-likeness (QED) is 0.734. The summed E-state index contributed by atoms with van der Waals surface area (Å²) in [6.45, 7) is 0.752. The normalized spacial score (nSPS) is 10.3. The SMILES string of the molecule is NC(=S)c1ccc(Br)cc1NCc1cc(Br)cs1. The Morgan fingerprint density at radius 1 is 1.28 bits per heavy atom. The Bertz CT molecular complexity index is 581. The number of nitrogens with one attached hydrogen (secondary N) is 1. The van der Waals surface area contributed by atoms with Crippen LogP contribution in [0.5, 0.6) is 0 Å². The molecule has 1 aromatic heterocycles. The summed E-state index contributed by atoms with van der Waals surface area (Å²) >= 11 is 13.6. The van der Waals surface area contributed by atoms with E-state index in [9.17, 15) is 0 Å². The summed E-state index contributed by atoms with van der Waals surface area (Å²) in [7, 11) is 0. The van der Waals surface area contributed by atoms with E-state index in [2.05, 4.69) is 48.6 Å². The van der Waals surface area contributed by atoms with Crippen LogP contribution in [0.15, 0.2) is 38.6 Å². The standard InChI is InChI=1S/C12H10Br2N2S2/c13-7-1-2-10(12(15)17)11(4-7)16-5-9-3-8(14)6-18-9/h1-4,6,16H,5H2,(H2,15,17). The molecule has 0 aliphatic rings. The first-order valence-electron chi connectivity index (χ1n) is 5.12. The second-order valence-electron chi connectivity index (χ2n) is 3.64. The van der Waals surface area contributed by atoms with Gasteiger partial charge in [0, 0.05) is 37.0 Å². The Morgan fingerprint density at radius 2 is 2.06 bits per heavy atom. The first-order chi connectivity index (χ1) is 8.56. The lowest BCUT2D eigenvalue weighted by molar-refractivity contribution is 1.19. The molecule has 0 bridgehead atoms. The molecule has 2 aromatic rings. The molecule has 0 amide bonds. The smallest absolute Gasteiger partial charge is 0.106 e. The largest absolute Gasteiger partial charge is 0.389 e. The van der Waals surface area contributed by atoms with Crippen molar-refractivity contribution in [2.75, 3.05) is 5.32 Å². The molecule has 18 heavy (non-hydrogen) atoms. The molecule has 1 aromatic carbocycles. The Morgan fingerprint density at radius 3 is 2.67 bits per heavy atom. The number of halogens is 2. The fraction of sp³-hybridized carbons (Fsp3) is 0.0833. The molecule has 2 nitrogen and oxygen atoms in total.